The van der Waals surface area contributed by atoms with E-state index in [0.29, 0.717) is 44.4 Å². The molecule has 44 heavy (non-hydrogen) atoms. The van der Waals surface area contributed by atoms with Gasteiger partial charge in [-0.2, -0.15) is 13.2 Å². The van der Waals surface area contributed by atoms with Crippen molar-refractivity contribution in [1.29, 1.82) is 0 Å². The number of halogens is 5. The maximum atomic E-state index is 13.8. The molecule has 2 N–H and O–H groups in total. The zero-order chi connectivity index (χ0) is 31.5. The summed E-state index contributed by atoms with van der Waals surface area (Å²) in [5.74, 6) is 0.234. The Morgan fingerprint density at radius 3 is 2.57 bits per heavy atom. The molecule has 0 bridgehead atoms. The van der Waals surface area contributed by atoms with E-state index in [4.69, 9.17) is 16.3 Å². The molecular weight excluding hydrogens is 622 g/mol. The third-order valence-corrected chi connectivity index (χ3v) is 7.82. The molecule has 0 saturated carbocycles. The van der Waals surface area contributed by atoms with Gasteiger partial charge in [0, 0.05) is 48.5 Å². The standard InChI is InChI=1S/C30H26ClF4N5O3S/c1-44(41,42)10-9-36-14-20-15-40(16-25(20)30(33,34)35)23-6-7-27-24(13-23)29(38-18-37-27)39-22-5-8-28(26(31)12-22)43-17-19-3-2-4-21(32)11-19/h2-8,11-13,15-16,18,36H,9-10,14,17H2,1H3,(H,37,38,39). The number of anilines is 2. The average molecular weight is 648 g/mol. The van der Waals surface area contributed by atoms with Crippen LogP contribution in [0.5, 0.6) is 5.75 Å². The van der Waals surface area contributed by atoms with Crippen molar-refractivity contribution in [3.05, 3.63) is 107 Å². The Balaban J connectivity index is 1.37. The summed E-state index contributed by atoms with van der Waals surface area (Å²) in [5, 5.41) is 6.79. The second-order valence-corrected chi connectivity index (χ2v) is 12.7. The molecule has 8 nitrogen and oxygen atoms in total. The Hall–Kier alpha value is -4.20. The highest BCUT2D eigenvalue weighted by Gasteiger charge is 2.35. The van der Waals surface area contributed by atoms with E-state index in [1.54, 1.807) is 48.5 Å². The van der Waals surface area contributed by atoms with Crippen molar-refractivity contribution >= 4 is 43.8 Å². The number of fused-ring (bicyclic) bond motifs is 1. The van der Waals surface area contributed by atoms with E-state index in [9.17, 15) is 26.0 Å². The highest BCUT2D eigenvalue weighted by Crippen LogP contribution is 2.35. The van der Waals surface area contributed by atoms with Crippen molar-refractivity contribution in [2.45, 2.75) is 19.3 Å². The lowest BCUT2D eigenvalue weighted by molar-refractivity contribution is -0.138. The van der Waals surface area contributed by atoms with Crippen LogP contribution in [0.3, 0.4) is 0 Å². The van der Waals surface area contributed by atoms with Crippen molar-refractivity contribution < 1.29 is 30.7 Å². The number of nitrogens with zero attached hydrogens (tertiary/aromatic N) is 3. The van der Waals surface area contributed by atoms with Gasteiger partial charge < -0.3 is 19.9 Å². The topological polar surface area (TPSA) is 98.1 Å². The molecule has 0 saturated heterocycles. The minimum atomic E-state index is -4.61. The third kappa shape index (κ3) is 7.84. The van der Waals surface area contributed by atoms with Gasteiger partial charge in [-0.3, -0.25) is 0 Å². The average Bonchev–Trinajstić information content (AvgIpc) is 3.40. The number of aromatic nitrogens is 3. The summed E-state index contributed by atoms with van der Waals surface area (Å²) in [4.78, 5) is 8.59. The monoisotopic (exact) mass is 647 g/mol. The number of hydrogen-bond donors (Lipinski definition) is 2. The molecule has 0 amide bonds. The van der Waals surface area contributed by atoms with Gasteiger partial charge in [0.15, 0.2) is 0 Å². The Morgan fingerprint density at radius 1 is 1.02 bits per heavy atom. The normalized spacial score (nSPS) is 12.0. The van der Waals surface area contributed by atoms with Crippen LogP contribution in [0, 0.1) is 5.82 Å². The van der Waals surface area contributed by atoms with E-state index in [2.05, 4.69) is 20.6 Å². The number of ether oxygens (including phenoxy) is 1. The smallest absolute Gasteiger partial charge is 0.418 e. The molecule has 5 aromatic rings. The molecule has 0 spiro atoms. The first-order chi connectivity index (χ1) is 20.9. The summed E-state index contributed by atoms with van der Waals surface area (Å²) in [6.45, 7) is -0.0190. The van der Waals surface area contributed by atoms with Gasteiger partial charge in [0.25, 0.3) is 0 Å². The van der Waals surface area contributed by atoms with E-state index < -0.39 is 21.6 Å². The molecule has 0 radical (unpaired) electrons. The van der Waals surface area contributed by atoms with Gasteiger partial charge in [0.1, 0.15) is 40.2 Å². The predicted octanol–water partition coefficient (Wildman–Crippen LogP) is 6.69. The Morgan fingerprint density at radius 2 is 1.84 bits per heavy atom. The van der Waals surface area contributed by atoms with Crippen LogP contribution in [-0.4, -0.2) is 41.5 Å². The maximum Gasteiger partial charge on any atom is 0.418 e. The molecule has 0 aliphatic carbocycles. The van der Waals surface area contributed by atoms with E-state index in [1.807, 2.05) is 0 Å². The fourth-order valence-corrected chi connectivity index (χ4v) is 5.20. The minimum Gasteiger partial charge on any atom is -0.487 e. The molecule has 0 aliphatic heterocycles. The van der Waals surface area contributed by atoms with E-state index in [0.717, 1.165) is 12.5 Å². The first-order valence-corrected chi connectivity index (χ1v) is 15.6. The van der Waals surface area contributed by atoms with Crippen LogP contribution in [0.1, 0.15) is 16.7 Å². The van der Waals surface area contributed by atoms with Crippen molar-refractivity contribution in [3.8, 4) is 11.4 Å². The second-order valence-electron chi connectivity index (χ2n) is 10.0. The minimum absolute atomic E-state index is 0.0216. The second kappa shape index (κ2) is 12.8. The van der Waals surface area contributed by atoms with E-state index in [-0.39, 0.29) is 36.8 Å². The molecule has 14 heteroatoms. The van der Waals surface area contributed by atoms with Gasteiger partial charge in [-0.1, -0.05) is 23.7 Å². The summed E-state index contributed by atoms with van der Waals surface area (Å²) in [5.41, 5.74) is 1.35. The van der Waals surface area contributed by atoms with Crippen LogP contribution in [0.4, 0.5) is 29.1 Å². The van der Waals surface area contributed by atoms with Crippen LogP contribution in [-0.2, 0) is 29.2 Å². The van der Waals surface area contributed by atoms with Gasteiger partial charge in [-0.05, 0) is 59.7 Å². The van der Waals surface area contributed by atoms with Gasteiger partial charge >= 0.3 is 6.18 Å². The molecule has 0 fully saturated rings. The van der Waals surface area contributed by atoms with Crippen molar-refractivity contribution in [2.24, 2.45) is 0 Å². The molecule has 230 valence electrons. The third-order valence-electron chi connectivity index (χ3n) is 6.57. The van der Waals surface area contributed by atoms with Crippen LogP contribution < -0.4 is 15.4 Å². The highest BCUT2D eigenvalue weighted by atomic mass is 35.5. The lowest BCUT2D eigenvalue weighted by atomic mass is 10.2. The first kappa shape index (κ1) is 31.2. The summed E-state index contributed by atoms with van der Waals surface area (Å²) < 4.78 is 84.8. The molecule has 0 aliphatic rings. The molecule has 0 atom stereocenters. The molecule has 3 aromatic carbocycles. The van der Waals surface area contributed by atoms with Gasteiger partial charge in [-0.25, -0.2) is 22.8 Å². The summed E-state index contributed by atoms with van der Waals surface area (Å²) in [6, 6.07) is 16.0. The highest BCUT2D eigenvalue weighted by molar-refractivity contribution is 7.90. The predicted molar refractivity (Wildman–Crippen MR) is 161 cm³/mol. The Bertz CT molecular complexity index is 1920. The summed E-state index contributed by atoms with van der Waals surface area (Å²) >= 11 is 6.44. The fraction of sp³-hybridized carbons (Fsp3) is 0.200. The Kier molecular flexibility index (Phi) is 9.09. The summed E-state index contributed by atoms with van der Waals surface area (Å²) in [6.07, 6.45) is 0.164. The number of sulfone groups is 1. The van der Waals surface area contributed by atoms with Gasteiger partial charge in [-0.15, -0.1) is 0 Å². The van der Waals surface area contributed by atoms with Crippen LogP contribution in [0.15, 0.2) is 79.4 Å². The molecule has 0 unspecified atom stereocenters. The number of rotatable bonds is 11. The zero-order valence-electron chi connectivity index (χ0n) is 23.2. The molecular formula is C30H26ClF4N5O3S. The van der Waals surface area contributed by atoms with E-state index in [1.165, 1.54) is 29.2 Å². The maximum absolute atomic E-state index is 13.8. The number of benzene rings is 3. The molecule has 2 aromatic heterocycles. The first-order valence-electron chi connectivity index (χ1n) is 13.2. The Labute approximate surface area is 255 Å². The fourth-order valence-electron chi connectivity index (χ4n) is 4.45. The van der Waals surface area contributed by atoms with Gasteiger partial charge in [0.2, 0.25) is 0 Å². The van der Waals surface area contributed by atoms with Crippen LogP contribution >= 0.6 is 11.6 Å². The van der Waals surface area contributed by atoms with Crippen molar-refractivity contribution in [3.63, 3.8) is 0 Å². The zero-order valence-corrected chi connectivity index (χ0v) is 24.8. The van der Waals surface area contributed by atoms with Crippen LogP contribution in [0.2, 0.25) is 5.02 Å². The van der Waals surface area contributed by atoms with E-state index >= 15 is 0 Å². The quantitative estimate of drug-likeness (QED) is 0.122. The largest absolute Gasteiger partial charge is 0.487 e. The SMILES string of the molecule is CS(=O)(=O)CCNCc1cn(-c2ccc3ncnc(Nc4ccc(OCc5cccc(F)c5)c(Cl)c4)c3c2)cc1C(F)(F)F. The molecule has 5 rings (SSSR count). The van der Waals surface area contributed by atoms with Gasteiger partial charge in [0.05, 0.1) is 21.9 Å². The number of hydrogen-bond acceptors (Lipinski definition) is 7. The molecule has 2 heterocycles. The van der Waals surface area contributed by atoms with Crippen molar-refractivity contribution in [1.82, 2.24) is 19.9 Å². The number of nitrogens with one attached hydrogen (secondary N) is 2. The van der Waals surface area contributed by atoms with Crippen molar-refractivity contribution in [2.75, 3.05) is 23.9 Å². The lowest BCUT2D eigenvalue weighted by Crippen LogP contribution is -2.23. The summed E-state index contributed by atoms with van der Waals surface area (Å²) in [7, 11) is -3.25. The number of alkyl halides is 3. The lowest BCUT2D eigenvalue weighted by Gasteiger charge is -2.13. The van der Waals surface area contributed by atoms with Crippen LogP contribution in [0.25, 0.3) is 16.6 Å².